The Labute approximate surface area is 115 Å². The Morgan fingerprint density at radius 2 is 1.89 bits per heavy atom. The monoisotopic (exact) mass is 265 g/mol. The fourth-order valence-electron chi connectivity index (χ4n) is 1.97. The van der Waals surface area contributed by atoms with E-state index < -0.39 is 0 Å². The number of benzene rings is 1. The van der Waals surface area contributed by atoms with E-state index in [1.165, 1.54) is 12.7 Å². The Hall–Kier alpha value is -1.55. The van der Waals surface area contributed by atoms with Crippen molar-refractivity contribution in [2.75, 3.05) is 20.3 Å². The van der Waals surface area contributed by atoms with Gasteiger partial charge in [0.2, 0.25) is 0 Å². The maximum atomic E-state index is 11.1. The number of ether oxygens (including phenoxy) is 2. The van der Waals surface area contributed by atoms with Crippen LogP contribution in [0.5, 0.6) is 5.75 Å². The second-order valence-electron chi connectivity index (χ2n) is 4.60. The highest BCUT2D eigenvalue weighted by molar-refractivity contribution is 5.71. The predicted molar refractivity (Wildman–Crippen MR) is 75.4 cm³/mol. The topological polar surface area (TPSA) is 47.6 Å². The second-order valence-corrected chi connectivity index (χ2v) is 4.60. The minimum atomic E-state index is -0.368. The Bertz CT molecular complexity index is 406. The summed E-state index contributed by atoms with van der Waals surface area (Å²) in [5.74, 6) is 0.400. The van der Waals surface area contributed by atoms with E-state index in [-0.39, 0.29) is 12.6 Å². The molecular formula is C15H23NO3. The molecule has 0 aromatic heterocycles. The van der Waals surface area contributed by atoms with Gasteiger partial charge in [-0.3, -0.25) is 0 Å². The smallest absolute Gasteiger partial charge is 0.343 e. The third-order valence-electron chi connectivity index (χ3n) is 2.84. The number of methoxy groups -OCH3 is 1. The van der Waals surface area contributed by atoms with Crippen molar-refractivity contribution in [3.8, 4) is 5.75 Å². The third-order valence-corrected chi connectivity index (χ3v) is 2.84. The Balaban J connectivity index is 2.71. The molecule has 0 aliphatic heterocycles. The first kappa shape index (κ1) is 15.5. The molecule has 1 aromatic carbocycles. The number of aryl methyl sites for hydroxylation is 2. The summed E-state index contributed by atoms with van der Waals surface area (Å²) in [5, 5.41) is 3.37. The molecule has 0 saturated carbocycles. The maximum Gasteiger partial charge on any atom is 0.343 e. The molecule has 0 aliphatic rings. The zero-order chi connectivity index (χ0) is 14.3. The standard InChI is InChI=1S/C15H23NO3/c1-5-6-16-9-13-7-11(2)15(12(3)8-13)19-10-14(17)18-4/h7-8,16H,5-6,9-10H2,1-4H3. The molecule has 0 bridgehead atoms. The normalized spacial score (nSPS) is 10.3. The molecule has 19 heavy (non-hydrogen) atoms. The van der Waals surface area contributed by atoms with Gasteiger partial charge in [-0.15, -0.1) is 0 Å². The van der Waals surface area contributed by atoms with E-state index in [2.05, 4.69) is 29.1 Å². The predicted octanol–water partition coefficient (Wildman–Crippen LogP) is 2.35. The van der Waals surface area contributed by atoms with Gasteiger partial charge in [0.25, 0.3) is 0 Å². The fourth-order valence-corrected chi connectivity index (χ4v) is 1.97. The van der Waals surface area contributed by atoms with Gasteiger partial charge >= 0.3 is 5.97 Å². The van der Waals surface area contributed by atoms with Crippen LogP contribution in [0.1, 0.15) is 30.0 Å². The lowest BCUT2D eigenvalue weighted by atomic mass is 10.1. The van der Waals surface area contributed by atoms with Crippen LogP contribution >= 0.6 is 0 Å². The van der Waals surface area contributed by atoms with Gasteiger partial charge in [-0.1, -0.05) is 19.1 Å². The maximum absolute atomic E-state index is 11.1. The average Bonchev–Trinajstić information content (AvgIpc) is 2.37. The number of hydrogen-bond donors (Lipinski definition) is 1. The van der Waals surface area contributed by atoms with E-state index in [4.69, 9.17) is 4.74 Å². The van der Waals surface area contributed by atoms with Crippen LogP contribution in [0.15, 0.2) is 12.1 Å². The molecule has 4 heteroatoms. The molecule has 0 amide bonds. The highest BCUT2D eigenvalue weighted by Gasteiger charge is 2.09. The van der Waals surface area contributed by atoms with Crippen LogP contribution in [0, 0.1) is 13.8 Å². The van der Waals surface area contributed by atoms with Gasteiger partial charge < -0.3 is 14.8 Å². The van der Waals surface area contributed by atoms with Gasteiger partial charge in [-0.2, -0.15) is 0 Å². The molecule has 0 fully saturated rings. The molecule has 0 unspecified atom stereocenters. The molecule has 1 aromatic rings. The first-order valence-corrected chi connectivity index (χ1v) is 6.59. The lowest BCUT2D eigenvalue weighted by Gasteiger charge is -2.13. The van der Waals surface area contributed by atoms with Crippen molar-refractivity contribution in [2.45, 2.75) is 33.7 Å². The fraction of sp³-hybridized carbons (Fsp3) is 0.533. The SMILES string of the molecule is CCCNCc1cc(C)c(OCC(=O)OC)c(C)c1. The van der Waals surface area contributed by atoms with Crippen molar-refractivity contribution >= 4 is 5.97 Å². The van der Waals surface area contributed by atoms with Crippen LogP contribution in [-0.2, 0) is 16.1 Å². The third kappa shape index (κ3) is 4.91. The van der Waals surface area contributed by atoms with E-state index >= 15 is 0 Å². The molecule has 4 nitrogen and oxygen atoms in total. The summed E-state index contributed by atoms with van der Waals surface area (Å²) < 4.78 is 10.1. The lowest BCUT2D eigenvalue weighted by Crippen LogP contribution is -2.15. The van der Waals surface area contributed by atoms with Crippen molar-refractivity contribution in [3.63, 3.8) is 0 Å². The van der Waals surface area contributed by atoms with Gasteiger partial charge in [-0.25, -0.2) is 4.79 Å². The van der Waals surface area contributed by atoms with Gasteiger partial charge in [0.05, 0.1) is 7.11 Å². The molecule has 0 aliphatic carbocycles. The number of hydrogen-bond acceptors (Lipinski definition) is 4. The van der Waals surface area contributed by atoms with Gasteiger partial charge in [-0.05, 0) is 43.5 Å². The lowest BCUT2D eigenvalue weighted by molar-refractivity contribution is -0.142. The number of esters is 1. The highest BCUT2D eigenvalue weighted by atomic mass is 16.6. The zero-order valence-corrected chi connectivity index (χ0v) is 12.2. The van der Waals surface area contributed by atoms with E-state index in [1.54, 1.807) is 0 Å². The van der Waals surface area contributed by atoms with Gasteiger partial charge in [0.1, 0.15) is 5.75 Å². The molecule has 0 heterocycles. The van der Waals surface area contributed by atoms with Gasteiger partial charge in [0.15, 0.2) is 6.61 Å². The average molecular weight is 265 g/mol. The van der Waals surface area contributed by atoms with E-state index in [0.717, 1.165) is 36.4 Å². The summed E-state index contributed by atoms with van der Waals surface area (Å²) in [5.41, 5.74) is 3.31. The Morgan fingerprint density at radius 1 is 1.26 bits per heavy atom. The van der Waals surface area contributed by atoms with E-state index in [9.17, 15) is 4.79 Å². The summed E-state index contributed by atoms with van der Waals surface area (Å²) in [6.07, 6.45) is 1.12. The van der Waals surface area contributed by atoms with Crippen molar-refractivity contribution < 1.29 is 14.3 Å². The first-order chi connectivity index (χ1) is 9.08. The minimum absolute atomic E-state index is 0.0500. The van der Waals surface area contributed by atoms with Crippen molar-refractivity contribution in [3.05, 3.63) is 28.8 Å². The Kier molecular flexibility index (Phi) is 6.36. The summed E-state index contributed by atoms with van der Waals surface area (Å²) in [6.45, 7) is 7.94. The largest absolute Gasteiger partial charge is 0.481 e. The molecule has 1 rings (SSSR count). The molecular weight excluding hydrogens is 242 g/mol. The molecule has 0 radical (unpaired) electrons. The zero-order valence-electron chi connectivity index (χ0n) is 12.2. The summed E-state index contributed by atoms with van der Waals surface area (Å²) in [4.78, 5) is 11.1. The van der Waals surface area contributed by atoms with E-state index in [1.807, 2.05) is 13.8 Å². The van der Waals surface area contributed by atoms with Crippen LogP contribution in [0.4, 0.5) is 0 Å². The molecule has 0 saturated heterocycles. The van der Waals surface area contributed by atoms with Crippen LogP contribution < -0.4 is 10.1 Å². The number of carbonyl (C=O) groups is 1. The number of carbonyl (C=O) groups excluding carboxylic acids is 1. The Morgan fingerprint density at radius 3 is 2.42 bits per heavy atom. The van der Waals surface area contributed by atoms with Crippen LogP contribution in [0.2, 0.25) is 0 Å². The molecule has 0 spiro atoms. The highest BCUT2D eigenvalue weighted by Crippen LogP contribution is 2.24. The number of nitrogens with one attached hydrogen (secondary N) is 1. The quantitative estimate of drug-likeness (QED) is 0.607. The summed E-state index contributed by atoms with van der Waals surface area (Å²) in [6, 6.07) is 4.17. The van der Waals surface area contributed by atoms with Crippen LogP contribution in [0.3, 0.4) is 0 Å². The number of rotatable bonds is 7. The first-order valence-electron chi connectivity index (χ1n) is 6.59. The van der Waals surface area contributed by atoms with Crippen molar-refractivity contribution in [1.29, 1.82) is 0 Å². The van der Waals surface area contributed by atoms with E-state index in [0.29, 0.717) is 0 Å². The van der Waals surface area contributed by atoms with Crippen LogP contribution in [0.25, 0.3) is 0 Å². The minimum Gasteiger partial charge on any atom is -0.481 e. The van der Waals surface area contributed by atoms with Crippen molar-refractivity contribution in [2.24, 2.45) is 0 Å². The van der Waals surface area contributed by atoms with Crippen molar-refractivity contribution in [1.82, 2.24) is 5.32 Å². The molecule has 106 valence electrons. The molecule has 0 atom stereocenters. The second kappa shape index (κ2) is 7.79. The van der Waals surface area contributed by atoms with Crippen LogP contribution in [-0.4, -0.2) is 26.2 Å². The summed E-state index contributed by atoms with van der Waals surface area (Å²) in [7, 11) is 1.36. The molecule has 1 N–H and O–H groups in total. The summed E-state index contributed by atoms with van der Waals surface area (Å²) >= 11 is 0. The van der Waals surface area contributed by atoms with Gasteiger partial charge in [0, 0.05) is 6.54 Å².